The highest BCUT2D eigenvalue weighted by molar-refractivity contribution is 5.71. The fourth-order valence-electron chi connectivity index (χ4n) is 4.03. The van der Waals surface area contributed by atoms with E-state index in [9.17, 15) is 4.79 Å². The van der Waals surface area contributed by atoms with Crippen LogP contribution in [0.4, 0.5) is 0 Å². The Morgan fingerprint density at radius 1 is 1.06 bits per heavy atom. The Balaban J connectivity index is 1.26. The molecule has 3 aromatic heterocycles. The molecule has 0 saturated carbocycles. The predicted octanol–water partition coefficient (Wildman–Crippen LogP) is 4.17. The molecule has 0 amide bonds. The topological polar surface area (TPSA) is 106 Å². The zero-order valence-corrected chi connectivity index (χ0v) is 19.6. The van der Waals surface area contributed by atoms with Crippen LogP contribution in [0.15, 0.2) is 70.2 Å². The fraction of sp³-hybridized carbons (Fsp3) is 0.231. The van der Waals surface area contributed by atoms with Gasteiger partial charge < -0.3 is 23.3 Å². The third-order valence-corrected chi connectivity index (χ3v) is 5.93. The van der Waals surface area contributed by atoms with Crippen molar-refractivity contribution in [1.82, 2.24) is 24.3 Å². The molecule has 10 nitrogen and oxygen atoms in total. The van der Waals surface area contributed by atoms with E-state index in [4.69, 9.17) is 18.7 Å². The van der Waals surface area contributed by atoms with Crippen molar-refractivity contribution in [2.45, 2.75) is 26.3 Å². The molecule has 2 aromatic carbocycles. The molecule has 0 N–H and O–H groups in total. The van der Waals surface area contributed by atoms with Crippen molar-refractivity contribution < 1.29 is 18.7 Å². The Morgan fingerprint density at radius 2 is 1.94 bits per heavy atom. The van der Waals surface area contributed by atoms with Gasteiger partial charge in [-0.05, 0) is 42.8 Å². The molecule has 0 atom stereocenters. The molecular formula is C26H23N5O5. The summed E-state index contributed by atoms with van der Waals surface area (Å²) in [5.41, 5.74) is 2.46. The molecule has 0 bridgehead atoms. The average Bonchev–Trinajstić information content (AvgIpc) is 3.65. The molecule has 0 radical (unpaired) electrons. The minimum atomic E-state index is -0.219. The van der Waals surface area contributed by atoms with Gasteiger partial charge in [-0.2, -0.15) is 10.1 Å². The van der Waals surface area contributed by atoms with Crippen LogP contribution < -0.4 is 19.8 Å². The second kappa shape index (κ2) is 9.21. The molecule has 0 fully saturated rings. The molecule has 0 aliphatic carbocycles. The monoisotopic (exact) mass is 485 g/mol. The van der Waals surface area contributed by atoms with Crippen molar-refractivity contribution in [2.75, 3.05) is 13.4 Å². The van der Waals surface area contributed by atoms with Crippen LogP contribution in [0.2, 0.25) is 0 Å². The molecule has 1 aliphatic rings. The van der Waals surface area contributed by atoms with E-state index in [1.54, 1.807) is 35.1 Å². The third kappa shape index (κ3) is 4.06. The molecule has 0 unspecified atom stereocenters. The van der Waals surface area contributed by atoms with Crippen LogP contribution in [0.5, 0.6) is 17.2 Å². The van der Waals surface area contributed by atoms with Gasteiger partial charge in [-0.1, -0.05) is 30.6 Å². The highest BCUT2D eigenvalue weighted by Gasteiger charge is 2.18. The van der Waals surface area contributed by atoms with Crippen LogP contribution in [-0.4, -0.2) is 37.7 Å². The van der Waals surface area contributed by atoms with Crippen molar-refractivity contribution in [3.63, 3.8) is 0 Å². The summed E-state index contributed by atoms with van der Waals surface area (Å²) in [4.78, 5) is 17.7. The Kier molecular flexibility index (Phi) is 5.61. The summed E-state index contributed by atoms with van der Waals surface area (Å²) in [5.74, 6) is 2.77. The smallest absolute Gasteiger partial charge is 0.277 e. The van der Waals surface area contributed by atoms with E-state index in [1.807, 2.05) is 30.3 Å². The number of nitrogens with zero attached hydrogens (tertiary/aromatic N) is 5. The van der Waals surface area contributed by atoms with Crippen LogP contribution in [0.1, 0.15) is 25.7 Å². The first kappa shape index (κ1) is 21.9. The lowest BCUT2D eigenvalue weighted by Gasteiger charge is -2.09. The van der Waals surface area contributed by atoms with E-state index in [0.717, 1.165) is 29.7 Å². The Morgan fingerprint density at radius 3 is 2.86 bits per heavy atom. The molecule has 0 spiro atoms. The first-order valence-corrected chi connectivity index (χ1v) is 11.7. The summed E-state index contributed by atoms with van der Waals surface area (Å²) in [6.45, 7) is 3.07. The third-order valence-electron chi connectivity index (χ3n) is 5.93. The number of fused-ring (bicyclic) bond motifs is 2. The number of benzene rings is 2. The van der Waals surface area contributed by atoms with E-state index in [1.165, 1.54) is 4.57 Å². The zero-order valence-electron chi connectivity index (χ0n) is 19.6. The number of aromatic nitrogens is 5. The predicted molar refractivity (Wildman–Crippen MR) is 130 cm³/mol. The summed E-state index contributed by atoms with van der Waals surface area (Å²) in [7, 11) is 0. The van der Waals surface area contributed by atoms with Crippen molar-refractivity contribution >= 4 is 5.52 Å². The van der Waals surface area contributed by atoms with Gasteiger partial charge in [-0.15, -0.1) is 0 Å². The normalized spacial score (nSPS) is 12.4. The van der Waals surface area contributed by atoms with E-state index < -0.39 is 0 Å². The number of unbranched alkanes of at least 4 members (excludes halogenated alkanes) is 1. The standard InChI is InChI=1S/C26H23N5O5/c1-2-3-12-33-21-7-5-4-6-18(21)19-14-20-26(32)30(10-11-31(20)28-19)15-24-27-25(29-36-24)17-8-9-22-23(13-17)35-16-34-22/h4-11,13-14H,2-3,12,15-16H2,1H3. The van der Waals surface area contributed by atoms with Crippen LogP contribution in [0, 0.1) is 0 Å². The molecule has 1 aliphatic heterocycles. The maximum atomic E-state index is 13.2. The molecule has 4 heterocycles. The first-order valence-electron chi connectivity index (χ1n) is 11.7. The number of ether oxygens (including phenoxy) is 3. The van der Waals surface area contributed by atoms with Crippen LogP contribution in [0.25, 0.3) is 28.2 Å². The van der Waals surface area contributed by atoms with Gasteiger partial charge >= 0.3 is 0 Å². The highest BCUT2D eigenvalue weighted by atomic mass is 16.7. The minimum absolute atomic E-state index is 0.129. The van der Waals surface area contributed by atoms with E-state index >= 15 is 0 Å². The lowest BCUT2D eigenvalue weighted by atomic mass is 10.1. The average molecular weight is 486 g/mol. The molecule has 10 heteroatoms. The number of rotatable bonds is 8. The molecule has 36 heavy (non-hydrogen) atoms. The SMILES string of the molecule is CCCCOc1ccccc1-c1cc2c(=O)n(Cc3nc(-c4ccc5c(c4)OCO5)no3)ccn2n1. The first-order chi connectivity index (χ1) is 17.7. The quantitative estimate of drug-likeness (QED) is 0.302. The second-order valence-electron chi connectivity index (χ2n) is 8.37. The van der Waals surface area contributed by atoms with Crippen LogP contribution in [-0.2, 0) is 6.54 Å². The van der Waals surface area contributed by atoms with Crippen molar-refractivity contribution in [3.05, 3.63) is 77.2 Å². The molecule has 5 aromatic rings. The van der Waals surface area contributed by atoms with Gasteiger partial charge in [-0.3, -0.25) is 4.79 Å². The fourth-order valence-corrected chi connectivity index (χ4v) is 4.03. The van der Waals surface area contributed by atoms with Gasteiger partial charge in [0, 0.05) is 23.5 Å². The van der Waals surface area contributed by atoms with Gasteiger partial charge in [-0.25, -0.2) is 4.52 Å². The number of hydrogen-bond acceptors (Lipinski definition) is 8. The summed E-state index contributed by atoms with van der Waals surface area (Å²) in [6.07, 6.45) is 5.40. The minimum Gasteiger partial charge on any atom is -0.493 e. The van der Waals surface area contributed by atoms with E-state index in [2.05, 4.69) is 22.2 Å². The van der Waals surface area contributed by atoms with Gasteiger partial charge in [0.15, 0.2) is 11.5 Å². The van der Waals surface area contributed by atoms with Crippen LogP contribution >= 0.6 is 0 Å². The number of para-hydroxylation sites is 1. The van der Waals surface area contributed by atoms with E-state index in [0.29, 0.717) is 41.0 Å². The van der Waals surface area contributed by atoms with E-state index in [-0.39, 0.29) is 18.9 Å². The molecule has 6 rings (SSSR count). The van der Waals surface area contributed by atoms with Crippen molar-refractivity contribution in [3.8, 4) is 39.9 Å². The number of hydrogen-bond donors (Lipinski definition) is 0. The summed E-state index contributed by atoms with van der Waals surface area (Å²) in [5, 5.41) is 8.66. The lowest BCUT2D eigenvalue weighted by molar-refractivity contribution is 0.174. The summed E-state index contributed by atoms with van der Waals surface area (Å²) < 4.78 is 25.2. The van der Waals surface area contributed by atoms with Crippen molar-refractivity contribution in [2.24, 2.45) is 0 Å². The summed E-state index contributed by atoms with van der Waals surface area (Å²) >= 11 is 0. The largest absolute Gasteiger partial charge is 0.493 e. The Labute approximate surface area is 205 Å². The highest BCUT2D eigenvalue weighted by Crippen LogP contribution is 2.35. The zero-order chi connectivity index (χ0) is 24.5. The molecule has 0 saturated heterocycles. The second-order valence-corrected chi connectivity index (χ2v) is 8.37. The molecule has 182 valence electrons. The maximum absolute atomic E-state index is 13.2. The summed E-state index contributed by atoms with van der Waals surface area (Å²) in [6, 6.07) is 14.9. The molecular weight excluding hydrogens is 462 g/mol. The van der Waals surface area contributed by atoms with Gasteiger partial charge in [0.05, 0.1) is 12.3 Å². The van der Waals surface area contributed by atoms with Gasteiger partial charge in [0.1, 0.15) is 17.8 Å². The van der Waals surface area contributed by atoms with Crippen molar-refractivity contribution in [1.29, 1.82) is 0 Å². The van der Waals surface area contributed by atoms with Crippen LogP contribution in [0.3, 0.4) is 0 Å². The van der Waals surface area contributed by atoms with Gasteiger partial charge in [0.2, 0.25) is 18.5 Å². The lowest BCUT2D eigenvalue weighted by Crippen LogP contribution is -2.21. The van der Waals surface area contributed by atoms with Gasteiger partial charge in [0.25, 0.3) is 5.56 Å². The Bertz CT molecular complexity index is 1600. The maximum Gasteiger partial charge on any atom is 0.277 e. The Hall–Kier alpha value is -4.60.